The van der Waals surface area contributed by atoms with E-state index in [0.717, 1.165) is 11.1 Å². The molecule has 1 aromatic heterocycles. The summed E-state index contributed by atoms with van der Waals surface area (Å²) in [5.74, 6) is 0.754. The van der Waals surface area contributed by atoms with Crippen LogP contribution in [0.5, 0.6) is 0 Å². The van der Waals surface area contributed by atoms with Gasteiger partial charge in [-0.3, -0.25) is 4.79 Å². The highest BCUT2D eigenvalue weighted by atomic mass is 16.5. The molecule has 0 saturated carbocycles. The molecule has 0 bridgehead atoms. The molecule has 0 unspecified atom stereocenters. The van der Waals surface area contributed by atoms with Crippen molar-refractivity contribution < 1.29 is 14.4 Å². The Hall–Kier alpha value is -2.99. The van der Waals surface area contributed by atoms with E-state index in [1.807, 2.05) is 0 Å². The van der Waals surface area contributed by atoms with Crippen LogP contribution in [0.15, 0.2) is 53.1 Å². The van der Waals surface area contributed by atoms with Crippen molar-refractivity contribution >= 4 is 11.6 Å². The molecule has 1 amide bonds. The molecule has 0 aliphatic heterocycles. The molecule has 0 saturated heterocycles. The molecule has 0 spiro atoms. The Morgan fingerprint density at radius 3 is 2.65 bits per heavy atom. The summed E-state index contributed by atoms with van der Waals surface area (Å²) in [5.41, 5.74) is 2.65. The molecule has 1 heterocycles. The monoisotopic (exact) mass is 309 g/mol. The maximum absolute atomic E-state index is 12.2. The first kappa shape index (κ1) is 14.9. The second kappa shape index (κ2) is 6.41. The van der Waals surface area contributed by atoms with Gasteiger partial charge in [-0.2, -0.15) is 4.98 Å². The summed E-state index contributed by atoms with van der Waals surface area (Å²) >= 11 is 0. The first-order valence-electron chi connectivity index (χ1n) is 7.07. The van der Waals surface area contributed by atoms with Crippen molar-refractivity contribution in [3.05, 3.63) is 65.5 Å². The second-order valence-electron chi connectivity index (χ2n) is 5.04. The number of amides is 1. The van der Waals surface area contributed by atoms with Crippen molar-refractivity contribution in [2.75, 3.05) is 5.32 Å². The van der Waals surface area contributed by atoms with Crippen LogP contribution in [-0.4, -0.2) is 21.2 Å². The van der Waals surface area contributed by atoms with Gasteiger partial charge in [0.15, 0.2) is 5.82 Å². The lowest BCUT2D eigenvalue weighted by atomic mass is 10.1. The van der Waals surface area contributed by atoms with Crippen LogP contribution in [0, 0.1) is 6.92 Å². The minimum atomic E-state index is -0.228. The van der Waals surface area contributed by atoms with E-state index in [4.69, 9.17) is 9.63 Å². The number of aryl methyl sites for hydroxylation is 1. The summed E-state index contributed by atoms with van der Waals surface area (Å²) in [6.45, 7) is 1.68. The number of carbonyl (C=O) groups excluding carboxylic acids is 1. The predicted molar refractivity (Wildman–Crippen MR) is 84.8 cm³/mol. The standard InChI is InChI=1S/C17H15N3O3/c1-11-18-17(23-20-11)14-7-5-13(6-8-14)16(22)19-15-4-2-3-12(9-15)10-21/h2-9,21H,10H2,1H3,(H,19,22). The highest BCUT2D eigenvalue weighted by Crippen LogP contribution is 2.18. The lowest BCUT2D eigenvalue weighted by molar-refractivity contribution is 0.102. The van der Waals surface area contributed by atoms with Crippen molar-refractivity contribution in [3.8, 4) is 11.5 Å². The van der Waals surface area contributed by atoms with E-state index in [9.17, 15) is 4.79 Å². The van der Waals surface area contributed by atoms with Crippen LogP contribution >= 0.6 is 0 Å². The molecule has 3 rings (SSSR count). The lowest BCUT2D eigenvalue weighted by Gasteiger charge is -2.07. The maximum atomic E-state index is 12.2. The number of aromatic nitrogens is 2. The summed E-state index contributed by atoms with van der Waals surface area (Å²) in [7, 11) is 0. The summed E-state index contributed by atoms with van der Waals surface area (Å²) in [5, 5.41) is 15.7. The van der Waals surface area contributed by atoms with Crippen LogP contribution in [0.1, 0.15) is 21.7 Å². The molecule has 0 aliphatic rings. The SMILES string of the molecule is Cc1noc(-c2ccc(C(=O)Nc3cccc(CO)c3)cc2)n1. The van der Waals surface area contributed by atoms with Gasteiger partial charge in [0.1, 0.15) is 0 Å². The van der Waals surface area contributed by atoms with Crippen molar-refractivity contribution in [2.24, 2.45) is 0 Å². The average Bonchev–Trinajstić information content (AvgIpc) is 3.01. The molecule has 0 radical (unpaired) electrons. The van der Waals surface area contributed by atoms with Crippen LogP contribution in [-0.2, 0) is 6.61 Å². The topological polar surface area (TPSA) is 88.2 Å². The van der Waals surface area contributed by atoms with Crippen LogP contribution in [0.25, 0.3) is 11.5 Å². The third-order valence-electron chi connectivity index (χ3n) is 3.29. The van der Waals surface area contributed by atoms with Gasteiger partial charge in [-0.15, -0.1) is 0 Å². The van der Waals surface area contributed by atoms with Gasteiger partial charge in [-0.25, -0.2) is 0 Å². The van der Waals surface area contributed by atoms with Gasteiger partial charge < -0.3 is 14.9 Å². The zero-order valence-corrected chi connectivity index (χ0v) is 12.5. The number of rotatable bonds is 4. The Balaban J connectivity index is 1.75. The zero-order valence-electron chi connectivity index (χ0n) is 12.5. The quantitative estimate of drug-likeness (QED) is 0.773. The number of hydrogen-bond acceptors (Lipinski definition) is 5. The molecule has 2 N–H and O–H groups in total. The normalized spacial score (nSPS) is 10.5. The van der Waals surface area contributed by atoms with Gasteiger partial charge in [0.2, 0.25) is 0 Å². The minimum Gasteiger partial charge on any atom is -0.392 e. The Morgan fingerprint density at radius 1 is 1.22 bits per heavy atom. The van der Waals surface area contributed by atoms with Gasteiger partial charge >= 0.3 is 0 Å². The minimum absolute atomic E-state index is 0.0675. The van der Waals surface area contributed by atoms with E-state index < -0.39 is 0 Å². The Kier molecular flexibility index (Phi) is 4.16. The van der Waals surface area contributed by atoms with Crippen molar-refractivity contribution in [1.29, 1.82) is 0 Å². The van der Waals surface area contributed by atoms with E-state index in [0.29, 0.717) is 23.0 Å². The molecule has 6 nitrogen and oxygen atoms in total. The van der Waals surface area contributed by atoms with E-state index in [1.54, 1.807) is 55.5 Å². The van der Waals surface area contributed by atoms with Crippen molar-refractivity contribution in [1.82, 2.24) is 10.1 Å². The number of nitrogens with one attached hydrogen (secondary N) is 1. The first-order valence-corrected chi connectivity index (χ1v) is 7.07. The summed E-state index contributed by atoms with van der Waals surface area (Å²) < 4.78 is 5.09. The Bertz CT molecular complexity index is 825. The number of anilines is 1. The second-order valence-corrected chi connectivity index (χ2v) is 5.04. The third-order valence-corrected chi connectivity index (χ3v) is 3.29. The maximum Gasteiger partial charge on any atom is 0.257 e. The lowest BCUT2D eigenvalue weighted by Crippen LogP contribution is -2.11. The van der Waals surface area contributed by atoms with Crippen molar-refractivity contribution in [2.45, 2.75) is 13.5 Å². The third kappa shape index (κ3) is 3.44. The fourth-order valence-electron chi connectivity index (χ4n) is 2.13. The smallest absolute Gasteiger partial charge is 0.257 e. The Labute approximate surface area is 132 Å². The van der Waals surface area contributed by atoms with Crippen LogP contribution in [0.3, 0.4) is 0 Å². The number of hydrogen-bond donors (Lipinski definition) is 2. The van der Waals surface area contributed by atoms with Gasteiger partial charge in [0, 0.05) is 16.8 Å². The summed E-state index contributed by atoms with van der Waals surface area (Å²) in [4.78, 5) is 16.4. The molecule has 116 valence electrons. The van der Waals surface area contributed by atoms with Gasteiger partial charge in [-0.1, -0.05) is 17.3 Å². The first-order chi connectivity index (χ1) is 11.2. The number of aliphatic hydroxyl groups is 1. The van der Waals surface area contributed by atoms with E-state index in [1.165, 1.54) is 0 Å². The van der Waals surface area contributed by atoms with Crippen LogP contribution < -0.4 is 5.32 Å². The zero-order chi connectivity index (χ0) is 16.2. The highest BCUT2D eigenvalue weighted by Gasteiger charge is 2.09. The molecule has 0 fully saturated rings. The van der Waals surface area contributed by atoms with E-state index in [-0.39, 0.29) is 12.5 Å². The molecule has 0 aliphatic carbocycles. The molecule has 6 heteroatoms. The molecular formula is C17H15N3O3. The summed E-state index contributed by atoms with van der Waals surface area (Å²) in [6, 6.07) is 14.0. The molecule has 3 aromatic rings. The number of nitrogens with zero attached hydrogens (tertiary/aromatic N) is 2. The van der Waals surface area contributed by atoms with E-state index >= 15 is 0 Å². The van der Waals surface area contributed by atoms with Gasteiger partial charge in [-0.05, 0) is 48.9 Å². The summed E-state index contributed by atoms with van der Waals surface area (Å²) in [6.07, 6.45) is 0. The van der Waals surface area contributed by atoms with Gasteiger partial charge in [0.25, 0.3) is 11.8 Å². The molecule has 2 aromatic carbocycles. The van der Waals surface area contributed by atoms with Crippen molar-refractivity contribution in [3.63, 3.8) is 0 Å². The number of aliphatic hydroxyl groups excluding tert-OH is 1. The van der Waals surface area contributed by atoms with Crippen LogP contribution in [0.2, 0.25) is 0 Å². The number of carbonyl (C=O) groups is 1. The largest absolute Gasteiger partial charge is 0.392 e. The van der Waals surface area contributed by atoms with Crippen LogP contribution in [0.4, 0.5) is 5.69 Å². The molecule has 0 atom stereocenters. The fourth-order valence-corrected chi connectivity index (χ4v) is 2.13. The van der Waals surface area contributed by atoms with E-state index in [2.05, 4.69) is 15.5 Å². The number of benzene rings is 2. The molecule has 23 heavy (non-hydrogen) atoms. The Morgan fingerprint density at radius 2 is 2.00 bits per heavy atom. The predicted octanol–water partition coefficient (Wildman–Crippen LogP) is 2.79. The molecular weight excluding hydrogens is 294 g/mol. The van der Waals surface area contributed by atoms with Gasteiger partial charge in [0.05, 0.1) is 6.61 Å². The highest BCUT2D eigenvalue weighted by molar-refractivity contribution is 6.04. The average molecular weight is 309 g/mol. The fraction of sp³-hybridized carbons (Fsp3) is 0.118.